The first kappa shape index (κ1) is 17.5. The molecule has 25 heavy (non-hydrogen) atoms. The molecule has 0 aromatic heterocycles. The summed E-state index contributed by atoms with van der Waals surface area (Å²) in [6.45, 7) is 7.34. The van der Waals surface area contributed by atoms with E-state index in [2.05, 4.69) is 86.4 Å². The lowest BCUT2D eigenvalue weighted by Crippen LogP contribution is -2.31. The molecule has 0 N–H and O–H groups in total. The number of rotatable bonds is 5. The van der Waals surface area contributed by atoms with E-state index in [-0.39, 0.29) is 0 Å². The maximum Gasteiger partial charge on any atom is 0.118 e. The van der Waals surface area contributed by atoms with Crippen molar-refractivity contribution in [2.45, 2.75) is 25.2 Å². The molecular weight excluding hydrogens is 320 g/mol. The highest BCUT2D eigenvalue weighted by molar-refractivity contribution is 6.78. The summed E-state index contributed by atoms with van der Waals surface area (Å²) in [6, 6.07) is 28.3. The lowest BCUT2D eigenvalue weighted by Gasteiger charge is -2.30. The molecule has 3 aromatic carbocycles. The second-order valence-electron chi connectivity index (χ2n) is 7.56. The summed E-state index contributed by atoms with van der Waals surface area (Å²) in [5, 5.41) is 0. The maximum absolute atomic E-state index is 5.25. The molecule has 1 unspecified atom stereocenters. The van der Waals surface area contributed by atoms with Gasteiger partial charge in [-0.05, 0) is 34.4 Å². The quantitative estimate of drug-likeness (QED) is 0.488. The lowest BCUT2D eigenvalue weighted by molar-refractivity contribution is 0.415. The molecule has 3 aromatic rings. The Morgan fingerprint density at radius 2 is 1.12 bits per heavy atom. The van der Waals surface area contributed by atoms with Gasteiger partial charge in [0, 0.05) is 5.54 Å². The van der Waals surface area contributed by atoms with E-state index in [1.807, 2.05) is 12.1 Å². The molecule has 3 rings (SSSR count). The molecule has 0 bridgehead atoms. The van der Waals surface area contributed by atoms with E-state index in [0.29, 0.717) is 5.54 Å². The highest BCUT2D eigenvalue weighted by Crippen LogP contribution is 2.34. The van der Waals surface area contributed by atoms with Gasteiger partial charge < -0.3 is 4.74 Å². The molecule has 0 radical (unpaired) electrons. The molecule has 0 aliphatic carbocycles. The standard InChI is InChI=1S/C23H26OSi/c1-24-22-16-14-19(15-17-22)18-10-12-21(13-11-18)23(25(2,3)4)20-8-6-5-7-9-20/h5-17,23H,1-4H3. The second-order valence-corrected chi connectivity index (χ2v) is 12.9. The van der Waals surface area contributed by atoms with Crippen LogP contribution >= 0.6 is 0 Å². The van der Waals surface area contributed by atoms with Crippen LogP contribution in [-0.4, -0.2) is 15.2 Å². The molecule has 0 fully saturated rings. The molecule has 0 amide bonds. The predicted molar refractivity (Wildman–Crippen MR) is 110 cm³/mol. The Bertz CT molecular complexity index is 799. The highest BCUT2D eigenvalue weighted by atomic mass is 28.3. The highest BCUT2D eigenvalue weighted by Gasteiger charge is 2.29. The van der Waals surface area contributed by atoms with Crippen LogP contribution in [0.5, 0.6) is 5.75 Å². The van der Waals surface area contributed by atoms with Crippen LogP contribution in [0.4, 0.5) is 0 Å². The van der Waals surface area contributed by atoms with Crippen molar-refractivity contribution >= 4 is 8.07 Å². The van der Waals surface area contributed by atoms with Gasteiger partial charge in [-0.15, -0.1) is 0 Å². The summed E-state index contributed by atoms with van der Waals surface area (Å²) in [7, 11) is 0.304. The van der Waals surface area contributed by atoms with Crippen molar-refractivity contribution < 1.29 is 4.74 Å². The van der Waals surface area contributed by atoms with E-state index in [4.69, 9.17) is 4.74 Å². The molecule has 1 atom stereocenters. The fourth-order valence-corrected chi connectivity index (χ4v) is 5.87. The average Bonchev–Trinajstić information content (AvgIpc) is 2.62. The van der Waals surface area contributed by atoms with Crippen LogP contribution in [0.3, 0.4) is 0 Å². The summed E-state index contributed by atoms with van der Waals surface area (Å²) < 4.78 is 5.25. The van der Waals surface area contributed by atoms with Gasteiger partial charge >= 0.3 is 0 Å². The second kappa shape index (κ2) is 7.28. The minimum absolute atomic E-state index is 0.513. The Hall–Kier alpha value is -2.32. The largest absolute Gasteiger partial charge is 0.497 e. The zero-order valence-electron chi connectivity index (χ0n) is 15.5. The Labute approximate surface area is 152 Å². The smallest absolute Gasteiger partial charge is 0.118 e. The van der Waals surface area contributed by atoms with Crippen LogP contribution < -0.4 is 4.74 Å². The van der Waals surface area contributed by atoms with Crippen molar-refractivity contribution in [2.75, 3.05) is 7.11 Å². The number of hydrogen-bond donors (Lipinski definition) is 0. The molecule has 128 valence electrons. The van der Waals surface area contributed by atoms with Gasteiger partial charge in [0.15, 0.2) is 0 Å². The van der Waals surface area contributed by atoms with Gasteiger partial charge in [-0.3, -0.25) is 0 Å². The van der Waals surface area contributed by atoms with Gasteiger partial charge in [-0.2, -0.15) is 0 Å². The molecule has 0 spiro atoms. The van der Waals surface area contributed by atoms with Crippen molar-refractivity contribution in [3.8, 4) is 16.9 Å². The number of benzene rings is 3. The Balaban J connectivity index is 1.94. The van der Waals surface area contributed by atoms with Crippen molar-refractivity contribution in [1.29, 1.82) is 0 Å². The Kier molecular flexibility index (Phi) is 5.10. The first-order valence-corrected chi connectivity index (χ1v) is 12.4. The van der Waals surface area contributed by atoms with Gasteiger partial charge in [0.1, 0.15) is 5.75 Å². The number of ether oxygens (including phenoxy) is 1. The average molecular weight is 347 g/mol. The lowest BCUT2D eigenvalue weighted by atomic mass is 10.00. The summed E-state index contributed by atoms with van der Waals surface area (Å²) in [6.07, 6.45) is 0. The monoisotopic (exact) mass is 346 g/mol. The van der Waals surface area contributed by atoms with Crippen LogP contribution in [0.2, 0.25) is 19.6 Å². The molecule has 0 aliphatic heterocycles. The molecule has 0 saturated carbocycles. The molecule has 0 saturated heterocycles. The summed E-state index contributed by atoms with van der Waals surface area (Å²) in [4.78, 5) is 0. The maximum atomic E-state index is 5.25. The third kappa shape index (κ3) is 4.02. The minimum atomic E-state index is -1.39. The topological polar surface area (TPSA) is 9.23 Å². The molecular formula is C23H26OSi. The van der Waals surface area contributed by atoms with E-state index in [1.165, 1.54) is 22.3 Å². The molecule has 0 aliphatic rings. The van der Waals surface area contributed by atoms with Crippen LogP contribution in [0.25, 0.3) is 11.1 Å². The van der Waals surface area contributed by atoms with Crippen LogP contribution in [-0.2, 0) is 0 Å². The van der Waals surface area contributed by atoms with Crippen LogP contribution in [0, 0.1) is 0 Å². The molecule has 0 heterocycles. The van der Waals surface area contributed by atoms with Crippen LogP contribution in [0.15, 0.2) is 78.9 Å². The zero-order chi connectivity index (χ0) is 17.9. The van der Waals surface area contributed by atoms with Crippen molar-refractivity contribution in [1.82, 2.24) is 0 Å². The van der Waals surface area contributed by atoms with E-state index < -0.39 is 8.07 Å². The third-order valence-electron chi connectivity index (χ3n) is 4.67. The summed E-state index contributed by atoms with van der Waals surface area (Å²) in [5.74, 6) is 0.892. The first-order valence-electron chi connectivity index (χ1n) is 8.78. The van der Waals surface area contributed by atoms with Crippen molar-refractivity contribution in [3.63, 3.8) is 0 Å². The van der Waals surface area contributed by atoms with Gasteiger partial charge in [0.25, 0.3) is 0 Å². The SMILES string of the molecule is COc1ccc(-c2ccc(C(c3ccccc3)[Si](C)(C)C)cc2)cc1. The first-order chi connectivity index (χ1) is 12.0. The minimum Gasteiger partial charge on any atom is -0.497 e. The number of hydrogen-bond acceptors (Lipinski definition) is 1. The van der Waals surface area contributed by atoms with Gasteiger partial charge in [0.05, 0.1) is 15.2 Å². The van der Waals surface area contributed by atoms with E-state index in [1.54, 1.807) is 7.11 Å². The van der Waals surface area contributed by atoms with Crippen LogP contribution in [0.1, 0.15) is 16.7 Å². The normalized spacial score (nSPS) is 12.6. The molecule has 1 nitrogen and oxygen atoms in total. The van der Waals surface area contributed by atoms with Gasteiger partial charge in [-0.25, -0.2) is 0 Å². The number of methoxy groups -OCH3 is 1. The fraction of sp³-hybridized carbons (Fsp3) is 0.217. The Morgan fingerprint density at radius 3 is 1.60 bits per heavy atom. The predicted octanol–water partition coefficient (Wildman–Crippen LogP) is 6.37. The van der Waals surface area contributed by atoms with Crippen molar-refractivity contribution in [3.05, 3.63) is 90.0 Å². The Morgan fingerprint density at radius 1 is 0.640 bits per heavy atom. The van der Waals surface area contributed by atoms with Gasteiger partial charge in [-0.1, -0.05) is 86.4 Å². The van der Waals surface area contributed by atoms with Gasteiger partial charge in [0.2, 0.25) is 0 Å². The third-order valence-corrected chi connectivity index (χ3v) is 7.07. The molecule has 2 heteroatoms. The van der Waals surface area contributed by atoms with E-state index in [0.717, 1.165) is 5.75 Å². The summed E-state index contributed by atoms with van der Waals surface area (Å²) >= 11 is 0. The zero-order valence-corrected chi connectivity index (χ0v) is 16.5. The van der Waals surface area contributed by atoms with E-state index in [9.17, 15) is 0 Å². The fourth-order valence-electron chi connectivity index (χ4n) is 3.49. The van der Waals surface area contributed by atoms with E-state index >= 15 is 0 Å². The van der Waals surface area contributed by atoms with Crippen molar-refractivity contribution in [2.24, 2.45) is 0 Å². The summed E-state index contributed by atoms with van der Waals surface area (Å²) in [5.41, 5.74) is 5.82.